The Hall–Kier alpha value is -3.09. The van der Waals surface area contributed by atoms with E-state index in [-0.39, 0.29) is 23.4 Å². The van der Waals surface area contributed by atoms with Crippen molar-refractivity contribution in [3.8, 4) is 0 Å². The van der Waals surface area contributed by atoms with Gasteiger partial charge in [-0.2, -0.15) is 0 Å². The van der Waals surface area contributed by atoms with Crippen LogP contribution in [0.25, 0.3) is 11.0 Å². The summed E-state index contributed by atoms with van der Waals surface area (Å²) in [5, 5.41) is 0.340. The van der Waals surface area contributed by atoms with Crippen LogP contribution < -0.4 is 11.2 Å². The highest BCUT2D eigenvalue weighted by Gasteiger charge is 2.13. The number of carbonyl (C=O) groups excluding carboxylic acids is 1. The molecule has 3 aromatic rings. The number of fused-ring (bicyclic) bond motifs is 1. The van der Waals surface area contributed by atoms with Gasteiger partial charge in [-0.3, -0.25) is 4.79 Å². The first-order valence-corrected chi connectivity index (χ1v) is 6.80. The predicted molar refractivity (Wildman–Crippen MR) is 80.6 cm³/mol. The summed E-state index contributed by atoms with van der Waals surface area (Å²) in [5.74, 6) is -0.0832. The molecule has 0 aromatic carbocycles. The van der Waals surface area contributed by atoms with Crippen molar-refractivity contribution >= 4 is 16.9 Å². The van der Waals surface area contributed by atoms with Crippen molar-refractivity contribution in [1.82, 2.24) is 4.57 Å². The van der Waals surface area contributed by atoms with Gasteiger partial charge in [-0.05, 0) is 30.7 Å². The van der Waals surface area contributed by atoms with E-state index in [4.69, 9.17) is 8.83 Å². The molecule has 0 aliphatic rings. The Kier molecular flexibility index (Phi) is 3.61. The van der Waals surface area contributed by atoms with Gasteiger partial charge in [-0.25, -0.2) is 9.59 Å². The van der Waals surface area contributed by atoms with E-state index < -0.39 is 11.6 Å². The summed E-state index contributed by atoms with van der Waals surface area (Å²) in [6, 6.07) is 5.91. The van der Waals surface area contributed by atoms with Crippen LogP contribution in [-0.2, 0) is 11.3 Å². The first-order chi connectivity index (χ1) is 11.0. The van der Waals surface area contributed by atoms with Gasteiger partial charge in [0.2, 0.25) is 5.76 Å². The monoisotopic (exact) mass is 315 g/mol. The van der Waals surface area contributed by atoms with Gasteiger partial charge in [-0.1, -0.05) is 0 Å². The maximum absolute atomic E-state index is 12.5. The van der Waals surface area contributed by atoms with Crippen LogP contribution in [0.3, 0.4) is 0 Å². The largest absolute Gasteiger partial charge is 0.463 e. The number of rotatable bonds is 3. The summed E-state index contributed by atoms with van der Waals surface area (Å²) in [6.07, 6.45) is 1.51. The molecule has 23 heavy (non-hydrogen) atoms. The van der Waals surface area contributed by atoms with E-state index in [1.54, 1.807) is 19.1 Å². The molecule has 0 radical (unpaired) electrons. The number of esters is 1. The fourth-order valence-electron chi connectivity index (χ4n) is 2.36. The molecule has 0 saturated carbocycles. The fraction of sp³-hybridized carbons (Fsp3) is 0.188. The van der Waals surface area contributed by atoms with Gasteiger partial charge in [0.15, 0.2) is 0 Å². The Balaban J connectivity index is 2.03. The lowest BCUT2D eigenvalue weighted by Crippen LogP contribution is -2.21. The van der Waals surface area contributed by atoms with Crippen molar-refractivity contribution < 1.29 is 18.4 Å². The number of nitrogens with zero attached hydrogens (tertiary/aromatic N) is 1. The predicted octanol–water partition coefficient (Wildman–Crippen LogP) is 1.69. The molecule has 0 unspecified atom stereocenters. The average molecular weight is 315 g/mol. The maximum Gasteiger partial charge on any atom is 0.373 e. The number of hydrogen-bond donors (Lipinski definition) is 0. The first kappa shape index (κ1) is 14.8. The minimum absolute atomic E-state index is 0.0681. The number of ether oxygens (including phenoxy) is 1. The van der Waals surface area contributed by atoms with Crippen LogP contribution in [0.4, 0.5) is 0 Å². The van der Waals surface area contributed by atoms with Crippen LogP contribution in [-0.4, -0.2) is 17.6 Å². The molecule has 0 aliphatic heterocycles. The third-order valence-corrected chi connectivity index (χ3v) is 3.44. The quantitative estimate of drug-likeness (QED) is 0.683. The van der Waals surface area contributed by atoms with Gasteiger partial charge < -0.3 is 18.1 Å². The van der Waals surface area contributed by atoms with Crippen LogP contribution in [0.1, 0.15) is 21.9 Å². The zero-order chi connectivity index (χ0) is 16.6. The van der Waals surface area contributed by atoms with Crippen molar-refractivity contribution in [3.05, 3.63) is 68.3 Å². The molecule has 7 nitrogen and oxygen atoms in total. The fourth-order valence-corrected chi connectivity index (χ4v) is 2.36. The lowest BCUT2D eigenvalue weighted by molar-refractivity contribution is 0.0563. The smallest absolute Gasteiger partial charge is 0.373 e. The standard InChI is InChI=1S/C16H13NO6/c1-9-7-13(18)23-11-5-6-17(15(19)14(9)11)8-10-3-4-12(22-10)16(20)21-2/h3-7H,8H2,1-2H3. The summed E-state index contributed by atoms with van der Waals surface area (Å²) in [5.41, 5.74) is -0.0167. The Labute approximate surface area is 129 Å². The number of aryl methyl sites for hydroxylation is 1. The number of pyridine rings is 1. The molecule has 0 atom stereocenters. The molecular formula is C16H13NO6. The van der Waals surface area contributed by atoms with Gasteiger partial charge >= 0.3 is 11.6 Å². The molecule has 0 N–H and O–H groups in total. The summed E-state index contributed by atoms with van der Waals surface area (Å²) in [7, 11) is 1.26. The molecule has 3 rings (SSSR count). The Morgan fingerprint density at radius 3 is 2.74 bits per heavy atom. The van der Waals surface area contributed by atoms with Gasteiger partial charge in [0.05, 0.1) is 19.0 Å². The Morgan fingerprint density at radius 1 is 1.22 bits per heavy atom. The van der Waals surface area contributed by atoms with Gasteiger partial charge in [-0.15, -0.1) is 0 Å². The van der Waals surface area contributed by atoms with E-state index in [0.29, 0.717) is 16.7 Å². The van der Waals surface area contributed by atoms with E-state index in [1.165, 1.54) is 30.0 Å². The zero-order valence-corrected chi connectivity index (χ0v) is 12.5. The Bertz CT molecular complexity index is 1010. The topological polar surface area (TPSA) is 91.7 Å². The third-order valence-electron chi connectivity index (χ3n) is 3.44. The second kappa shape index (κ2) is 5.60. The van der Waals surface area contributed by atoms with Gasteiger partial charge in [0.1, 0.15) is 11.3 Å². The molecule has 0 aliphatic carbocycles. The SMILES string of the molecule is COC(=O)c1ccc(Cn2ccc3oc(=O)cc(C)c3c2=O)o1. The third kappa shape index (κ3) is 2.68. The molecule has 118 valence electrons. The van der Waals surface area contributed by atoms with Crippen molar-refractivity contribution in [2.45, 2.75) is 13.5 Å². The van der Waals surface area contributed by atoms with Crippen molar-refractivity contribution in [2.75, 3.05) is 7.11 Å². The lowest BCUT2D eigenvalue weighted by atomic mass is 10.2. The number of aromatic nitrogens is 1. The second-order valence-corrected chi connectivity index (χ2v) is 4.99. The minimum Gasteiger partial charge on any atom is -0.463 e. The van der Waals surface area contributed by atoms with E-state index >= 15 is 0 Å². The number of carbonyl (C=O) groups is 1. The highest BCUT2D eigenvalue weighted by atomic mass is 16.5. The molecule has 7 heteroatoms. The molecule has 0 fully saturated rings. The van der Waals surface area contributed by atoms with Crippen LogP contribution in [0.5, 0.6) is 0 Å². The van der Waals surface area contributed by atoms with Gasteiger partial charge in [0.25, 0.3) is 5.56 Å². The second-order valence-electron chi connectivity index (χ2n) is 4.99. The van der Waals surface area contributed by atoms with Crippen LogP contribution >= 0.6 is 0 Å². The van der Waals surface area contributed by atoms with Gasteiger partial charge in [0, 0.05) is 12.3 Å². The average Bonchev–Trinajstić information content (AvgIpc) is 2.97. The van der Waals surface area contributed by atoms with E-state index in [9.17, 15) is 14.4 Å². The van der Waals surface area contributed by atoms with Crippen LogP contribution in [0.15, 0.2) is 48.9 Å². The van der Waals surface area contributed by atoms with E-state index in [2.05, 4.69) is 4.74 Å². The number of hydrogen-bond acceptors (Lipinski definition) is 6. The Morgan fingerprint density at radius 2 is 2.00 bits per heavy atom. The number of furan rings is 1. The summed E-state index contributed by atoms with van der Waals surface area (Å²) in [4.78, 5) is 35.3. The summed E-state index contributed by atoms with van der Waals surface area (Å²) < 4.78 is 16.4. The summed E-state index contributed by atoms with van der Waals surface area (Å²) >= 11 is 0. The highest BCUT2D eigenvalue weighted by Crippen LogP contribution is 2.13. The molecule has 0 bridgehead atoms. The molecular weight excluding hydrogens is 302 g/mol. The van der Waals surface area contributed by atoms with E-state index in [0.717, 1.165) is 0 Å². The maximum atomic E-state index is 12.5. The van der Waals surface area contributed by atoms with Crippen molar-refractivity contribution in [1.29, 1.82) is 0 Å². The van der Waals surface area contributed by atoms with Crippen LogP contribution in [0.2, 0.25) is 0 Å². The van der Waals surface area contributed by atoms with Crippen LogP contribution in [0, 0.1) is 6.92 Å². The normalized spacial score (nSPS) is 10.9. The highest BCUT2D eigenvalue weighted by molar-refractivity contribution is 5.86. The molecule has 3 aromatic heterocycles. The molecule has 0 spiro atoms. The van der Waals surface area contributed by atoms with Crippen molar-refractivity contribution in [2.24, 2.45) is 0 Å². The zero-order valence-electron chi connectivity index (χ0n) is 12.5. The minimum atomic E-state index is -0.584. The molecule has 3 heterocycles. The number of methoxy groups -OCH3 is 1. The lowest BCUT2D eigenvalue weighted by Gasteiger charge is -2.06. The molecule has 0 amide bonds. The van der Waals surface area contributed by atoms with E-state index in [1.807, 2.05) is 0 Å². The summed E-state index contributed by atoms with van der Waals surface area (Å²) in [6.45, 7) is 1.82. The van der Waals surface area contributed by atoms with Crippen molar-refractivity contribution in [3.63, 3.8) is 0 Å². The first-order valence-electron chi connectivity index (χ1n) is 6.80. The molecule has 0 saturated heterocycles.